The van der Waals surface area contributed by atoms with Crippen LogP contribution in [0.25, 0.3) is 0 Å². The second-order valence-corrected chi connectivity index (χ2v) is 3.30. The topological polar surface area (TPSA) is 99.7 Å². The van der Waals surface area contributed by atoms with Gasteiger partial charge >= 0.3 is 11.8 Å². The highest BCUT2D eigenvalue weighted by Crippen LogP contribution is 2.12. The molecule has 7 heteroatoms. The Morgan fingerprint density at radius 2 is 1.83 bits per heavy atom. The molecule has 0 aliphatic rings. The summed E-state index contributed by atoms with van der Waals surface area (Å²) in [5.74, 6) is -1.29. The van der Waals surface area contributed by atoms with E-state index in [1.54, 1.807) is 12.1 Å². The lowest BCUT2D eigenvalue weighted by molar-refractivity contribution is -0.139. The van der Waals surface area contributed by atoms with Gasteiger partial charge in [-0.1, -0.05) is 0 Å². The van der Waals surface area contributed by atoms with Gasteiger partial charge in [0.15, 0.2) is 0 Å². The first-order valence-electron chi connectivity index (χ1n) is 5.24. The van der Waals surface area contributed by atoms with Crippen LogP contribution in [0.1, 0.15) is 0 Å². The van der Waals surface area contributed by atoms with Gasteiger partial charge in [0.1, 0.15) is 19.2 Å². The molecule has 1 rings (SSSR count). The summed E-state index contributed by atoms with van der Waals surface area (Å²) < 4.78 is 5.05. The van der Waals surface area contributed by atoms with Gasteiger partial charge in [-0.15, -0.1) is 0 Å². The van der Waals surface area contributed by atoms with Gasteiger partial charge in [-0.2, -0.15) is 0 Å². The number of ether oxygens (including phenoxy) is 1. The van der Waals surface area contributed by atoms with Gasteiger partial charge in [-0.05, 0) is 24.3 Å². The standard InChI is InChI=1S/C11H15N3O4/c1-12-10(16)11(17)14-7-18-6-13-8-2-4-9(15)5-3-8/h2-5,13,15H,6-7H2,1H3,(H,12,16)(H,14,17). The third-order valence-electron chi connectivity index (χ3n) is 2.01. The van der Waals surface area contributed by atoms with Crippen LogP contribution < -0.4 is 16.0 Å². The summed E-state index contributed by atoms with van der Waals surface area (Å²) in [6, 6.07) is 6.44. The highest BCUT2D eigenvalue weighted by molar-refractivity contribution is 6.34. The Kier molecular flexibility index (Phi) is 5.46. The number of phenols is 1. The first kappa shape index (κ1) is 13.8. The highest BCUT2D eigenvalue weighted by atomic mass is 16.5. The summed E-state index contributed by atoms with van der Waals surface area (Å²) in [6.45, 7) is 0.0934. The van der Waals surface area contributed by atoms with Crippen molar-refractivity contribution < 1.29 is 19.4 Å². The van der Waals surface area contributed by atoms with E-state index < -0.39 is 11.8 Å². The lowest BCUT2D eigenvalue weighted by Gasteiger charge is -2.08. The van der Waals surface area contributed by atoms with Crippen molar-refractivity contribution in [2.75, 3.05) is 25.8 Å². The number of rotatable bonds is 5. The molecule has 4 N–H and O–H groups in total. The SMILES string of the molecule is CNC(=O)C(=O)NCOCNc1ccc(O)cc1. The summed E-state index contributed by atoms with van der Waals surface area (Å²) >= 11 is 0. The number of carbonyl (C=O) groups is 2. The second kappa shape index (κ2) is 7.13. The zero-order chi connectivity index (χ0) is 13.4. The minimum absolute atomic E-state index is 0.0721. The minimum atomic E-state index is -0.748. The molecule has 0 atom stereocenters. The van der Waals surface area contributed by atoms with Crippen molar-refractivity contribution in [3.8, 4) is 5.75 Å². The third kappa shape index (κ3) is 4.71. The normalized spacial score (nSPS) is 9.61. The van der Waals surface area contributed by atoms with Crippen LogP contribution in [0, 0.1) is 0 Å². The summed E-state index contributed by atoms with van der Waals surface area (Å²) in [7, 11) is 1.37. The van der Waals surface area contributed by atoms with Gasteiger partial charge < -0.3 is 25.8 Å². The second-order valence-electron chi connectivity index (χ2n) is 3.30. The first-order chi connectivity index (χ1) is 8.63. The minimum Gasteiger partial charge on any atom is -0.508 e. The molecule has 0 aliphatic carbocycles. The predicted octanol–water partition coefficient (Wildman–Crippen LogP) is -0.402. The molecule has 0 saturated carbocycles. The Morgan fingerprint density at radius 3 is 2.44 bits per heavy atom. The number of hydrogen-bond donors (Lipinski definition) is 4. The average Bonchev–Trinajstić information content (AvgIpc) is 2.39. The predicted molar refractivity (Wildman–Crippen MR) is 64.8 cm³/mol. The molecule has 0 heterocycles. The third-order valence-corrected chi connectivity index (χ3v) is 2.01. The largest absolute Gasteiger partial charge is 0.508 e. The number of aromatic hydroxyl groups is 1. The van der Waals surface area contributed by atoms with Gasteiger partial charge in [0.2, 0.25) is 0 Å². The van der Waals surface area contributed by atoms with Crippen molar-refractivity contribution in [3.63, 3.8) is 0 Å². The number of benzene rings is 1. The van der Waals surface area contributed by atoms with Crippen molar-refractivity contribution in [2.45, 2.75) is 0 Å². The van der Waals surface area contributed by atoms with E-state index in [2.05, 4.69) is 16.0 Å². The molecule has 0 aromatic heterocycles. The molecule has 0 unspecified atom stereocenters. The summed E-state index contributed by atoms with van der Waals surface area (Å²) in [6.07, 6.45) is 0. The van der Waals surface area contributed by atoms with Crippen LogP contribution in [-0.2, 0) is 14.3 Å². The molecule has 0 spiro atoms. The molecule has 0 bridgehead atoms. The number of hydrogen-bond acceptors (Lipinski definition) is 5. The van der Waals surface area contributed by atoms with Crippen LogP contribution in [0.2, 0.25) is 0 Å². The lowest BCUT2D eigenvalue weighted by Crippen LogP contribution is -2.39. The Hall–Kier alpha value is -2.28. The number of anilines is 1. The maximum atomic E-state index is 11.0. The van der Waals surface area contributed by atoms with E-state index in [4.69, 9.17) is 9.84 Å². The van der Waals surface area contributed by atoms with Gasteiger partial charge in [-0.25, -0.2) is 0 Å². The van der Waals surface area contributed by atoms with Crippen molar-refractivity contribution >= 4 is 17.5 Å². The van der Waals surface area contributed by atoms with E-state index >= 15 is 0 Å². The molecule has 0 aliphatic heterocycles. The van der Waals surface area contributed by atoms with Crippen LogP contribution in [0.5, 0.6) is 5.75 Å². The maximum absolute atomic E-state index is 11.0. The summed E-state index contributed by atoms with van der Waals surface area (Å²) in [5.41, 5.74) is 0.769. The molecule has 0 fully saturated rings. The van der Waals surface area contributed by atoms with Crippen LogP contribution in [0.15, 0.2) is 24.3 Å². The fourth-order valence-corrected chi connectivity index (χ4v) is 1.08. The number of carbonyl (C=O) groups excluding carboxylic acids is 2. The highest BCUT2D eigenvalue weighted by Gasteiger charge is 2.09. The quantitative estimate of drug-likeness (QED) is 0.247. The number of likely N-dealkylation sites (N-methyl/N-ethyl adjacent to an activating group) is 1. The Bertz CT molecular complexity index is 405. The molecule has 1 aromatic carbocycles. The molecule has 0 radical (unpaired) electrons. The van der Waals surface area contributed by atoms with Gasteiger partial charge in [0.05, 0.1) is 0 Å². The smallest absolute Gasteiger partial charge is 0.311 e. The fraction of sp³-hybridized carbons (Fsp3) is 0.273. The van der Waals surface area contributed by atoms with Crippen molar-refractivity contribution in [2.24, 2.45) is 0 Å². The summed E-state index contributed by atoms with van der Waals surface area (Å²) in [4.78, 5) is 21.8. The number of phenolic OH excluding ortho intramolecular Hbond substituents is 1. The van der Waals surface area contributed by atoms with E-state index in [-0.39, 0.29) is 19.2 Å². The molecule has 2 amide bonds. The Labute approximate surface area is 104 Å². The summed E-state index contributed by atoms with van der Waals surface area (Å²) in [5, 5.41) is 16.4. The first-order valence-corrected chi connectivity index (χ1v) is 5.24. The Balaban J connectivity index is 2.14. The van der Waals surface area contributed by atoms with Crippen molar-refractivity contribution in [3.05, 3.63) is 24.3 Å². The van der Waals surface area contributed by atoms with Crippen LogP contribution in [0.3, 0.4) is 0 Å². The van der Waals surface area contributed by atoms with Gasteiger partial charge in [-0.3, -0.25) is 9.59 Å². The van der Waals surface area contributed by atoms with Crippen molar-refractivity contribution in [1.82, 2.24) is 10.6 Å². The molecule has 7 nitrogen and oxygen atoms in total. The van der Waals surface area contributed by atoms with E-state index in [0.29, 0.717) is 0 Å². The van der Waals surface area contributed by atoms with Gasteiger partial charge in [0.25, 0.3) is 0 Å². The van der Waals surface area contributed by atoms with E-state index in [9.17, 15) is 9.59 Å². The zero-order valence-electron chi connectivity index (χ0n) is 9.90. The molecular formula is C11H15N3O4. The number of nitrogens with one attached hydrogen (secondary N) is 3. The Morgan fingerprint density at radius 1 is 1.17 bits per heavy atom. The van der Waals surface area contributed by atoms with Crippen LogP contribution in [-0.4, -0.2) is 37.4 Å². The molecule has 0 saturated heterocycles. The zero-order valence-corrected chi connectivity index (χ0v) is 9.90. The van der Waals surface area contributed by atoms with E-state index in [1.165, 1.54) is 19.2 Å². The van der Waals surface area contributed by atoms with E-state index in [0.717, 1.165) is 5.69 Å². The number of amides is 2. The molecule has 1 aromatic rings. The average molecular weight is 253 g/mol. The molecule has 98 valence electrons. The monoisotopic (exact) mass is 253 g/mol. The van der Waals surface area contributed by atoms with Crippen LogP contribution in [0.4, 0.5) is 5.69 Å². The van der Waals surface area contributed by atoms with Gasteiger partial charge in [0, 0.05) is 12.7 Å². The van der Waals surface area contributed by atoms with Crippen LogP contribution >= 0.6 is 0 Å². The lowest BCUT2D eigenvalue weighted by atomic mass is 10.3. The van der Waals surface area contributed by atoms with Crippen molar-refractivity contribution in [1.29, 1.82) is 0 Å². The molecule has 18 heavy (non-hydrogen) atoms. The molecular weight excluding hydrogens is 238 g/mol. The van der Waals surface area contributed by atoms with E-state index in [1.807, 2.05) is 0 Å². The maximum Gasteiger partial charge on any atom is 0.311 e. The fourth-order valence-electron chi connectivity index (χ4n) is 1.08.